The minimum Gasteiger partial charge on any atom is -0.368 e. The highest BCUT2D eigenvalue weighted by Gasteiger charge is 2.21. The summed E-state index contributed by atoms with van der Waals surface area (Å²) in [6.45, 7) is 2.05. The molecule has 0 amide bonds. The average molecular weight is 233 g/mol. The summed E-state index contributed by atoms with van der Waals surface area (Å²) in [5, 5.41) is 0. The van der Waals surface area contributed by atoms with E-state index in [0.29, 0.717) is 31.8 Å². The highest BCUT2D eigenvalue weighted by atomic mass is 16.5. The highest BCUT2D eigenvalue weighted by Crippen LogP contribution is 2.06. The Hall–Kier alpha value is -1.52. The largest absolute Gasteiger partial charge is 0.368 e. The van der Waals surface area contributed by atoms with E-state index in [2.05, 4.69) is 0 Å². The lowest BCUT2D eigenvalue weighted by molar-refractivity contribution is -0.123. The monoisotopic (exact) mass is 233 g/mol. The maximum absolute atomic E-state index is 11.9. The molecular formula is C13H15NO3. The lowest BCUT2D eigenvalue weighted by atomic mass is 10.1. The number of Topliss-reactive ketones (excluding diaryl/α,β-unsaturated/α-hetero) is 1. The summed E-state index contributed by atoms with van der Waals surface area (Å²) >= 11 is 0. The van der Waals surface area contributed by atoms with E-state index >= 15 is 0 Å². The van der Waals surface area contributed by atoms with Gasteiger partial charge >= 0.3 is 0 Å². The van der Waals surface area contributed by atoms with Gasteiger partial charge in [-0.15, -0.1) is 0 Å². The smallest absolute Gasteiger partial charge is 0.176 e. The molecule has 0 spiro atoms. The zero-order valence-corrected chi connectivity index (χ0v) is 9.54. The number of hydrogen-bond donors (Lipinski definition) is 0. The first kappa shape index (κ1) is 12.0. The molecule has 0 saturated carbocycles. The normalized spacial score (nSPS) is 21.1. The van der Waals surface area contributed by atoms with Crippen molar-refractivity contribution in [3.8, 4) is 0 Å². The lowest BCUT2D eigenvalue weighted by Gasteiger charge is -2.29. The maximum atomic E-state index is 11.9. The number of carbonyl (C=O) groups is 2. The molecule has 1 aliphatic heterocycles. The van der Waals surface area contributed by atoms with Crippen LogP contribution >= 0.6 is 0 Å². The Morgan fingerprint density at radius 3 is 2.88 bits per heavy atom. The Morgan fingerprint density at radius 1 is 1.41 bits per heavy atom. The highest BCUT2D eigenvalue weighted by molar-refractivity contribution is 5.97. The Kier molecular flexibility index (Phi) is 4.01. The first-order chi connectivity index (χ1) is 8.29. The molecule has 0 bridgehead atoms. The summed E-state index contributed by atoms with van der Waals surface area (Å²) < 4.78 is 5.22. The van der Waals surface area contributed by atoms with E-state index in [1.807, 2.05) is 23.1 Å². The van der Waals surface area contributed by atoms with E-state index in [1.54, 1.807) is 12.1 Å². The Balaban J connectivity index is 1.92. The number of hydrogen-bond acceptors (Lipinski definition) is 4. The molecule has 0 aromatic heterocycles. The molecule has 1 saturated heterocycles. The number of ketones is 1. The third kappa shape index (κ3) is 3.22. The molecule has 1 atom stereocenters. The quantitative estimate of drug-likeness (QED) is 0.569. The summed E-state index contributed by atoms with van der Waals surface area (Å²) in [6.07, 6.45) is 0.395. The van der Waals surface area contributed by atoms with E-state index in [-0.39, 0.29) is 5.78 Å². The van der Waals surface area contributed by atoms with Gasteiger partial charge < -0.3 is 9.53 Å². The van der Waals surface area contributed by atoms with Crippen molar-refractivity contribution in [1.82, 2.24) is 4.90 Å². The van der Waals surface area contributed by atoms with Crippen molar-refractivity contribution in [1.29, 1.82) is 0 Å². The van der Waals surface area contributed by atoms with Gasteiger partial charge in [0.25, 0.3) is 0 Å². The minimum absolute atomic E-state index is 0.0807. The molecule has 1 aliphatic rings. The second kappa shape index (κ2) is 5.70. The SMILES string of the molecule is O=C[C@H]1CN(CC(=O)c2ccccc2)CCO1. The first-order valence-electron chi connectivity index (χ1n) is 5.67. The minimum atomic E-state index is -0.396. The zero-order valence-electron chi connectivity index (χ0n) is 9.54. The van der Waals surface area contributed by atoms with E-state index in [1.165, 1.54) is 0 Å². The summed E-state index contributed by atoms with van der Waals surface area (Å²) in [4.78, 5) is 24.5. The molecular weight excluding hydrogens is 218 g/mol. The van der Waals surface area contributed by atoms with Crippen molar-refractivity contribution in [3.63, 3.8) is 0 Å². The number of nitrogens with zero attached hydrogens (tertiary/aromatic N) is 1. The van der Waals surface area contributed by atoms with Crippen molar-refractivity contribution in [2.24, 2.45) is 0 Å². The molecule has 0 unspecified atom stereocenters. The molecule has 4 nitrogen and oxygen atoms in total. The van der Waals surface area contributed by atoms with Gasteiger partial charge in [0, 0.05) is 18.7 Å². The fraction of sp³-hybridized carbons (Fsp3) is 0.385. The molecule has 1 heterocycles. The maximum Gasteiger partial charge on any atom is 0.176 e. The van der Waals surface area contributed by atoms with Gasteiger partial charge in [0.15, 0.2) is 5.78 Å². The molecule has 1 aromatic carbocycles. The third-order valence-corrected chi connectivity index (χ3v) is 2.79. The van der Waals surface area contributed by atoms with Gasteiger partial charge in [0.1, 0.15) is 12.4 Å². The summed E-state index contributed by atoms with van der Waals surface area (Å²) in [7, 11) is 0. The van der Waals surface area contributed by atoms with Crippen LogP contribution in [-0.4, -0.2) is 49.3 Å². The molecule has 90 valence electrons. The number of aldehydes is 1. The molecule has 1 aromatic rings. The van der Waals surface area contributed by atoms with Crippen molar-refractivity contribution in [2.75, 3.05) is 26.2 Å². The van der Waals surface area contributed by atoms with Crippen LogP contribution in [0.3, 0.4) is 0 Å². The number of ether oxygens (including phenoxy) is 1. The molecule has 1 fully saturated rings. The molecule has 0 N–H and O–H groups in total. The van der Waals surface area contributed by atoms with Gasteiger partial charge in [-0.3, -0.25) is 9.69 Å². The van der Waals surface area contributed by atoms with Crippen molar-refractivity contribution < 1.29 is 14.3 Å². The van der Waals surface area contributed by atoms with Gasteiger partial charge in [-0.25, -0.2) is 0 Å². The third-order valence-electron chi connectivity index (χ3n) is 2.79. The number of benzene rings is 1. The number of rotatable bonds is 4. The second-order valence-corrected chi connectivity index (χ2v) is 4.07. The Labute approximate surface area is 100 Å². The van der Waals surface area contributed by atoms with Crippen LogP contribution in [-0.2, 0) is 9.53 Å². The fourth-order valence-electron chi connectivity index (χ4n) is 1.88. The molecule has 0 radical (unpaired) electrons. The second-order valence-electron chi connectivity index (χ2n) is 4.07. The van der Waals surface area contributed by atoms with Gasteiger partial charge in [0.05, 0.1) is 13.2 Å². The van der Waals surface area contributed by atoms with E-state index in [4.69, 9.17) is 4.74 Å². The summed E-state index contributed by atoms with van der Waals surface area (Å²) in [5.74, 6) is 0.0807. The van der Waals surface area contributed by atoms with Crippen LogP contribution in [0.25, 0.3) is 0 Å². The molecule has 4 heteroatoms. The molecule has 0 aliphatic carbocycles. The number of morpholine rings is 1. The Morgan fingerprint density at radius 2 is 2.18 bits per heavy atom. The van der Waals surface area contributed by atoms with Gasteiger partial charge in [-0.05, 0) is 0 Å². The van der Waals surface area contributed by atoms with Crippen LogP contribution in [0.15, 0.2) is 30.3 Å². The molecule has 17 heavy (non-hydrogen) atoms. The van der Waals surface area contributed by atoms with Crippen LogP contribution in [0.1, 0.15) is 10.4 Å². The summed E-state index contributed by atoms with van der Waals surface area (Å²) in [6, 6.07) is 9.19. The molecule has 2 rings (SSSR count). The van der Waals surface area contributed by atoms with Crippen LogP contribution in [0.5, 0.6) is 0 Å². The zero-order chi connectivity index (χ0) is 12.1. The topological polar surface area (TPSA) is 46.6 Å². The first-order valence-corrected chi connectivity index (χ1v) is 5.67. The van der Waals surface area contributed by atoms with E-state index in [9.17, 15) is 9.59 Å². The average Bonchev–Trinajstić information content (AvgIpc) is 2.40. The van der Waals surface area contributed by atoms with Gasteiger partial charge in [0.2, 0.25) is 0 Å². The van der Waals surface area contributed by atoms with Gasteiger partial charge in [-0.1, -0.05) is 30.3 Å². The standard InChI is InChI=1S/C13H15NO3/c15-10-12-8-14(6-7-17-12)9-13(16)11-4-2-1-3-5-11/h1-5,10,12H,6-9H2/t12-/m1/s1. The van der Waals surface area contributed by atoms with Crippen LogP contribution < -0.4 is 0 Å². The van der Waals surface area contributed by atoms with E-state index in [0.717, 1.165) is 6.29 Å². The van der Waals surface area contributed by atoms with Crippen LogP contribution in [0.4, 0.5) is 0 Å². The summed E-state index contributed by atoms with van der Waals surface area (Å²) in [5.41, 5.74) is 0.710. The van der Waals surface area contributed by atoms with Crippen LogP contribution in [0, 0.1) is 0 Å². The van der Waals surface area contributed by atoms with Crippen molar-refractivity contribution >= 4 is 12.1 Å². The fourth-order valence-corrected chi connectivity index (χ4v) is 1.88. The van der Waals surface area contributed by atoms with Crippen molar-refractivity contribution in [2.45, 2.75) is 6.10 Å². The van der Waals surface area contributed by atoms with Gasteiger partial charge in [-0.2, -0.15) is 0 Å². The predicted octanol–water partition coefficient (Wildman–Crippen LogP) is 0.769. The van der Waals surface area contributed by atoms with Crippen LogP contribution in [0.2, 0.25) is 0 Å². The lowest BCUT2D eigenvalue weighted by Crippen LogP contribution is -2.45. The van der Waals surface area contributed by atoms with E-state index < -0.39 is 6.10 Å². The predicted molar refractivity (Wildman–Crippen MR) is 63.0 cm³/mol. The Bertz CT molecular complexity index is 391. The van der Waals surface area contributed by atoms with Crippen molar-refractivity contribution in [3.05, 3.63) is 35.9 Å². The number of carbonyl (C=O) groups excluding carboxylic acids is 2.